The van der Waals surface area contributed by atoms with Gasteiger partial charge in [-0.1, -0.05) is 11.8 Å². The van der Waals surface area contributed by atoms with Crippen LogP contribution in [0.4, 0.5) is 0 Å². The molecule has 0 amide bonds. The van der Waals surface area contributed by atoms with Gasteiger partial charge in [0.15, 0.2) is 0 Å². The van der Waals surface area contributed by atoms with E-state index < -0.39 is 0 Å². The minimum absolute atomic E-state index is 0.794. The Morgan fingerprint density at radius 2 is 2.00 bits per heavy atom. The van der Waals surface area contributed by atoms with Gasteiger partial charge in [-0.25, -0.2) is 0 Å². The molecule has 0 saturated carbocycles. The normalized spacial score (nSPS) is 9.25. The lowest BCUT2D eigenvalue weighted by Gasteiger charge is -2.00. The first-order valence-corrected chi connectivity index (χ1v) is 3.82. The Kier molecular flexibility index (Phi) is 3.31. The zero-order valence-corrected chi connectivity index (χ0v) is 7.41. The van der Waals surface area contributed by atoms with Crippen LogP contribution in [0.3, 0.4) is 0 Å². The van der Waals surface area contributed by atoms with Crippen molar-refractivity contribution < 1.29 is 0 Å². The molecule has 0 bridgehead atoms. The van der Waals surface area contributed by atoms with Gasteiger partial charge in [-0.15, -0.1) is 0 Å². The van der Waals surface area contributed by atoms with Gasteiger partial charge in [-0.2, -0.15) is 0 Å². The summed E-state index contributed by atoms with van der Waals surface area (Å²) in [6.07, 6.45) is 3.50. The Labute approximate surface area is 73.2 Å². The second-order valence-corrected chi connectivity index (χ2v) is 2.78. The van der Waals surface area contributed by atoms with Crippen molar-refractivity contribution >= 4 is 0 Å². The Bertz CT molecular complexity index is 280. The fourth-order valence-electron chi connectivity index (χ4n) is 0.735. The molecule has 62 valence electrons. The summed E-state index contributed by atoms with van der Waals surface area (Å²) >= 11 is 0. The fraction of sp³-hybridized carbons (Fsp3) is 0.300. The summed E-state index contributed by atoms with van der Waals surface area (Å²) in [6.45, 7) is 0.794. The van der Waals surface area contributed by atoms with Gasteiger partial charge in [-0.3, -0.25) is 9.88 Å². The molecular formula is C10H12N2. The largest absolute Gasteiger partial charge is 0.299 e. The molecule has 0 fully saturated rings. The van der Waals surface area contributed by atoms with E-state index in [1.54, 1.807) is 12.4 Å². The molecule has 0 aliphatic carbocycles. The summed E-state index contributed by atoms with van der Waals surface area (Å²) in [5, 5.41) is 0. The van der Waals surface area contributed by atoms with Crippen LogP contribution in [0.2, 0.25) is 0 Å². The summed E-state index contributed by atoms with van der Waals surface area (Å²) in [4.78, 5) is 5.95. The van der Waals surface area contributed by atoms with E-state index in [1.165, 1.54) is 0 Å². The van der Waals surface area contributed by atoms with Crippen molar-refractivity contribution in [2.45, 2.75) is 0 Å². The SMILES string of the molecule is CN(C)CC#Cc1ccncc1. The topological polar surface area (TPSA) is 16.1 Å². The van der Waals surface area contributed by atoms with Crippen LogP contribution in [-0.2, 0) is 0 Å². The molecule has 0 radical (unpaired) electrons. The summed E-state index contributed by atoms with van der Waals surface area (Å²) in [6, 6.07) is 3.81. The highest BCUT2D eigenvalue weighted by Crippen LogP contribution is 1.91. The number of hydrogen-bond donors (Lipinski definition) is 0. The maximum atomic E-state index is 3.91. The van der Waals surface area contributed by atoms with Crippen LogP contribution < -0.4 is 0 Å². The van der Waals surface area contributed by atoms with Crippen LogP contribution in [0.1, 0.15) is 5.56 Å². The number of nitrogens with zero attached hydrogens (tertiary/aromatic N) is 2. The van der Waals surface area contributed by atoms with Gasteiger partial charge in [-0.05, 0) is 26.2 Å². The number of hydrogen-bond acceptors (Lipinski definition) is 2. The summed E-state index contributed by atoms with van der Waals surface area (Å²) < 4.78 is 0. The zero-order chi connectivity index (χ0) is 8.81. The maximum absolute atomic E-state index is 3.91. The first-order valence-electron chi connectivity index (χ1n) is 3.82. The lowest BCUT2D eigenvalue weighted by Crippen LogP contribution is -2.10. The molecule has 0 atom stereocenters. The van der Waals surface area contributed by atoms with E-state index in [-0.39, 0.29) is 0 Å². The Hall–Kier alpha value is -1.33. The highest BCUT2D eigenvalue weighted by molar-refractivity contribution is 5.32. The Morgan fingerprint density at radius 1 is 1.33 bits per heavy atom. The molecule has 1 heterocycles. The highest BCUT2D eigenvalue weighted by atomic mass is 15.0. The fourth-order valence-corrected chi connectivity index (χ4v) is 0.735. The Morgan fingerprint density at radius 3 is 2.58 bits per heavy atom. The first kappa shape index (κ1) is 8.76. The van der Waals surface area contributed by atoms with Gasteiger partial charge >= 0.3 is 0 Å². The van der Waals surface area contributed by atoms with Crippen LogP contribution in [-0.4, -0.2) is 30.5 Å². The Balaban J connectivity index is 2.55. The second-order valence-electron chi connectivity index (χ2n) is 2.78. The van der Waals surface area contributed by atoms with Crippen LogP contribution in [0.15, 0.2) is 24.5 Å². The highest BCUT2D eigenvalue weighted by Gasteiger charge is 1.83. The number of aromatic nitrogens is 1. The summed E-state index contributed by atoms with van der Waals surface area (Å²) in [5.74, 6) is 6.09. The van der Waals surface area contributed by atoms with Crippen LogP contribution in [0, 0.1) is 11.8 Å². The molecule has 0 spiro atoms. The van der Waals surface area contributed by atoms with E-state index in [2.05, 4.69) is 16.8 Å². The monoisotopic (exact) mass is 160 g/mol. The van der Waals surface area contributed by atoms with Crippen LogP contribution in [0.25, 0.3) is 0 Å². The number of rotatable bonds is 1. The van der Waals surface area contributed by atoms with E-state index in [9.17, 15) is 0 Å². The predicted octanol–water partition coefficient (Wildman–Crippen LogP) is 0.995. The zero-order valence-electron chi connectivity index (χ0n) is 7.41. The molecule has 0 N–H and O–H groups in total. The minimum Gasteiger partial charge on any atom is -0.299 e. The molecule has 2 heteroatoms. The van der Waals surface area contributed by atoms with Gasteiger partial charge in [0, 0.05) is 18.0 Å². The lowest BCUT2D eigenvalue weighted by atomic mass is 10.3. The molecular weight excluding hydrogens is 148 g/mol. The van der Waals surface area contributed by atoms with Crippen molar-refractivity contribution in [2.24, 2.45) is 0 Å². The quantitative estimate of drug-likeness (QED) is 0.570. The van der Waals surface area contributed by atoms with E-state index in [1.807, 2.05) is 31.1 Å². The molecule has 0 saturated heterocycles. The van der Waals surface area contributed by atoms with Crippen molar-refractivity contribution in [3.8, 4) is 11.8 Å². The summed E-state index contributed by atoms with van der Waals surface area (Å²) in [7, 11) is 4.00. The lowest BCUT2D eigenvalue weighted by molar-refractivity contribution is 0.464. The van der Waals surface area contributed by atoms with Gasteiger partial charge in [0.05, 0.1) is 6.54 Å². The van der Waals surface area contributed by atoms with Gasteiger partial charge < -0.3 is 0 Å². The minimum atomic E-state index is 0.794. The molecule has 0 aliphatic heterocycles. The van der Waals surface area contributed by atoms with Crippen molar-refractivity contribution in [3.05, 3.63) is 30.1 Å². The average molecular weight is 160 g/mol. The van der Waals surface area contributed by atoms with Crippen molar-refractivity contribution in [3.63, 3.8) is 0 Å². The third-order valence-corrected chi connectivity index (χ3v) is 1.31. The standard InChI is InChI=1S/C10H12N2/c1-12(2)9-3-4-10-5-7-11-8-6-10/h5-8H,9H2,1-2H3. The first-order chi connectivity index (χ1) is 5.79. The van der Waals surface area contributed by atoms with Crippen LogP contribution in [0.5, 0.6) is 0 Å². The molecule has 12 heavy (non-hydrogen) atoms. The average Bonchev–Trinajstić information content (AvgIpc) is 2.05. The van der Waals surface area contributed by atoms with E-state index in [0.29, 0.717) is 0 Å². The third-order valence-electron chi connectivity index (χ3n) is 1.31. The van der Waals surface area contributed by atoms with E-state index >= 15 is 0 Å². The third kappa shape index (κ3) is 3.18. The van der Waals surface area contributed by atoms with Crippen molar-refractivity contribution in [1.82, 2.24) is 9.88 Å². The molecule has 1 rings (SSSR count). The van der Waals surface area contributed by atoms with Crippen molar-refractivity contribution in [1.29, 1.82) is 0 Å². The molecule has 1 aromatic heterocycles. The molecule has 0 aliphatic rings. The van der Waals surface area contributed by atoms with E-state index in [0.717, 1.165) is 12.1 Å². The molecule has 0 unspecified atom stereocenters. The van der Waals surface area contributed by atoms with Gasteiger partial charge in [0.1, 0.15) is 0 Å². The number of pyridine rings is 1. The van der Waals surface area contributed by atoms with Gasteiger partial charge in [0.2, 0.25) is 0 Å². The van der Waals surface area contributed by atoms with Crippen LogP contribution >= 0.6 is 0 Å². The smallest absolute Gasteiger partial charge is 0.0600 e. The second kappa shape index (κ2) is 4.53. The molecule has 1 aromatic rings. The van der Waals surface area contributed by atoms with E-state index in [4.69, 9.17) is 0 Å². The van der Waals surface area contributed by atoms with Crippen molar-refractivity contribution in [2.75, 3.05) is 20.6 Å². The maximum Gasteiger partial charge on any atom is 0.0600 e. The molecule has 2 nitrogen and oxygen atoms in total. The predicted molar refractivity (Wildman–Crippen MR) is 49.7 cm³/mol. The molecule has 0 aromatic carbocycles. The van der Waals surface area contributed by atoms with Gasteiger partial charge in [0.25, 0.3) is 0 Å². The summed E-state index contributed by atoms with van der Waals surface area (Å²) in [5.41, 5.74) is 1.02.